The summed E-state index contributed by atoms with van der Waals surface area (Å²) >= 11 is 18.1. The van der Waals surface area contributed by atoms with E-state index in [0.29, 0.717) is 20.6 Å². The molecule has 2 aromatic carbocycles. The fourth-order valence-corrected chi connectivity index (χ4v) is 4.40. The predicted molar refractivity (Wildman–Crippen MR) is 138 cm³/mol. The maximum absolute atomic E-state index is 13.5. The summed E-state index contributed by atoms with van der Waals surface area (Å²) in [6.07, 6.45) is 1.73. The summed E-state index contributed by atoms with van der Waals surface area (Å²) in [6.45, 7) is 4.93. The first-order valence-corrected chi connectivity index (χ1v) is 13.6. The maximum atomic E-state index is 13.5. The Hall–Kier alpha value is -2.00. The van der Waals surface area contributed by atoms with E-state index in [0.717, 1.165) is 17.0 Å². The van der Waals surface area contributed by atoms with Gasteiger partial charge in [-0.2, -0.15) is 0 Å². The molecule has 0 heterocycles. The van der Waals surface area contributed by atoms with Crippen LogP contribution >= 0.6 is 34.8 Å². The Kier molecular flexibility index (Phi) is 10.1. The molecule has 0 saturated carbocycles. The van der Waals surface area contributed by atoms with Crippen molar-refractivity contribution in [2.75, 3.05) is 17.1 Å². The summed E-state index contributed by atoms with van der Waals surface area (Å²) in [5.41, 5.74) is 0.926. The van der Waals surface area contributed by atoms with E-state index in [1.165, 1.54) is 29.2 Å². The second-order valence-corrected chi connectivity index (χ2v) is 11.2. The SMILES string of the molecule is CC[C@H](C)NC(=O)[C@H](C)N(Cc1ccc(Cl)c(Cl)c1)C(=O)CN(c1ccc(Cl)cc1)S(C)(=O)=O. The van der Waals surface area contributed by atoms with Gasteiger partial charge in [0.05, 0.1) is 22.0 Å². The van der Waals surface area contributed by atoms with E-state index >= 15 is 0 Å². The molecule has 2 aromatic rings. The summed E-state index contributed by atoms with van der Waals surface area (Å²) in [4.78, 5) is 27.6. The third-order valence-corrected chi connectivity index (χ3v) is 7.43. The van der Waals surface area contributed by atoms with Crippen LogP contribution in [0.25, 0.3) is 0 Å². The Labute approximate surface area is 216 Å². The Bertz CT molecular complexity index is 1130. The van der Waals surface area contributed by atoms with Crippen LogP contribution in [0.5, 0.6) is 0 Å². The minimum Gasteiger partial charge on any atom is -0.352 e. The lowest BCUT2D eigenvalue weighted by Gasteiger charge is -2.32. The van der Waals surface area contributed by atoms with Gasteiger partial charge in [-0.1, -0.05) is 47.8 Å². The van der Waals surface area contributed by atoms with E-state index in [1.807, 2.05) is 13.8 Å². The minimum atomic E-state index is -3.81. The van der Waals surface area contributed by atoms with Crippen molar-refractivity contribution in [3.05, 3.63) is 63.1 Å². The molecule has 0 bridgehead atoms. The topological polar surface area (TPSA) is 86.8 Å². The molecular formula is C23H28Cl3N3O4S. The molecule has 34 heavy (non-hydrogen) atoms. The van der Waals surface area contributed by atoms with Gasteiger partial charge in [0.15, 0.2) is 0 Å². The van der Waals surface area contributed by atoms with Gasteiger partial charge in [-0.05, 0) is 62.2 Å². The van der Waals surface area contributed by atoms with Crippen LogP contribution in [-0.4, -0.2) is 50.0 Å². The molecule has 1 N–H and O–H groups in total. The number of nitrogens with one attached hydrogen (secondary N) is 1. The molecule has 2 amide bonds. The summed E-state index contributed by atoms with van der Waals surface area (Å²) in [5.74, 6) is -0.904. The molecule has 0 spiro atoms. The van der Waals surface area contributed by atoms with Gasteiger partial charge in [-0.25, -0.2) is 8.42 Å². The van der Waals surface area contributed by atoms with Crippen molar-refractivity contribution in [3.63, 3.8) is 0 Å². The number of hydrogen-bond donors (Lipinski definition) is 1. The summed E-state index contributed by atoms with van der Waals surface area (Å²) < 4.78 is 26.0. The van der Waals surface area contributed by atoms with Gasteiger partial charge in [0.25, 0.3) is 0 Å². The monoisotopic (exact) mass is 547 g/mol. The molecular weight excluding hydrogens is 521 g/mol. The number of nitrogens with zero attached hydrogens (tertiary/aromatic N) is 2. The molecule has 0 fully saturated rings. The van der Waals surface area contributed by atoms with Gasteiger partial charge in [0, 0.05) is 17.6 Å². The lowest BCUT2D eigenvalue weighted by Crippen LogP contribution is -2.52. The molecule has 0 saturated heterocycles. The molecule has 0 radical (unpaired) electrons. The molecule has 0 aliphatic rings. The summed E-state index contributed by atoms with van der Waals surface area (Å²) in [7, 11) is -3.81. The molecule has 0 unspecified atom stereocenters. The molecule has 7 nitrogen and oxygen atoms in total. The van der Waals surface area contributed by atoms with Crippen molar-refractivity contribution >= 4 is 62.3 Å². The van der Waals surface area contributed by atoms with Crippen molar-refractivity contribution in [3.8, 4) is 0 Å². The van der Waals surface area contributed by atoms with Gasteiger partial charge in [0.2, 0.25) is 21.8 Å². The lowest BCUT2D eigenvalue weighted by molar-refractivity contribution is -0.139. The van der Waals surface area contributed by atoms with Gasteiger partial charge < -0.3 is 10.2 Å². The average molecular weight is 549 g/mol. The van der Waals surface area contributed by atoms with E-state index in [9.17, 15) is 18.0 Å². The first-order chi connectivity index (χ1) is 15.8. The number of hydrogen-bond acceptors (Lipinski definition) is 4. The first kappa shape index (κ1) is 28.2. The van der Waals surface area contributed by atoms with Crippen LogP contribution in [0.2, 0.25) is 15.1 Å². The second kappa shape index (κ2) is 12.1. The Morgan fingerprint density at radius 1 is 1.00 bits per heavy atom. The minimum absolute atomic E-state index is 0.0308. The van der Waals surface area contributed by atoms with Crippen LogP contribution in [0, 0.1) is 0 Å². The lowest BCUT2D eigenvalue weighted by atomic mass is 10.1. The molecule has 2 atom stereocenters. The van der Waals surface area contributed by atoms with Gasteiger partial charge in [0.1, 0.15) is 12.6 Å². The van der Waals surface area contributed by atoms with Crippen LogP contribution in [0.3, 0.4) is 0 Å². The fourth-order valence-electron chi connectivity index (χ4n) is 3.10. The number of benzene rings is 2. The average Bonchev–Trinajstić information content (AvgIpc) is 2.77. The number of amides is 2. The molecule has 0 aromatic heterocycles. The van der Waals surface area contributed by atoms with E-state index in [4.69, 9.17) is 34.8 Å². The zero-order valence-corrected chi connectivity index (χ0v) is 22.5. The number of anilines is 1. The summed E-state index contributed by atoms with van der Waals surface area (Å²) in [6, 6.07) is 10.0. The molecule has 186 valence electrons. The maximum Gasteiger partial charge on any atom is 0.244 e. The van der Waals surface area contributed by atoms with Crippen molar-refractivity contribution in [2.45, 2.75) is 45.8 Å². The number of halogens is 3. The third-order valence-electron chi connectivity index (χ3n) is 5.30. The third kappa shape index (κ3) is 7.77. The molecule has 11 heteroatoms. The van der Waals surface area contributed by atoms with Crippen molar-refractivity contribution in [2.24, 2.45) is 0 Å². The van der Waals surface area contributed by atoms with E-state index in [-0.39, 0.29) is 24.2 Å². The number of rotatable bonds is 10. The van der Waals surface area contributed by atoms with Crippen molar-refractivity contribution < 1.29 is 18.0 Å². The summed E-state index contributed by atoms with van der Waals surface area (Å²) in [5, 5.41) is 3.96. The second-order valence-electron chi connectivity index (χ2n) is 8.01. The van der Waals surface area contributed by atoms with Crippen molar-refractivity contribution in [1.82, 2.24) is 10.2 Å². The largest absolute Gasteiger partial charge is 0.352 e. The first-order valence-electron chi connectivity index (χ1n) is 10.6. The van der Waals surface area contributed by atoms with Gasteiger partial charge in [-0.15, -0.1) is 0 Å². The van der Waals surface area contributed by atoms with E-state index in [2.05, 4.69) is 5.32 Å². The smallest absolute Gasteiger partial charge is 0.244 e. The highest BCUT2D eigenvalue weighted by molar-refractivity contribution is 7.92. The van der Waals surface area contributed by atoms with Crippen LogP contribution in [0.1, 0.15) is 32.8 Å². The van der Waals surface area contributed by atoms with Crippen LogP contribution in [0.15, 0.2) is 42.5 Å². The quantitative estimate of drug-likeness (QED) is 0.464. The normalized spacial score (nSPS) is 13.1. The zero-order chi connectivity index (χ0) is 25.6. The van der Waals surface area contributed by atoms with E-state index < -0.39 is 28.5 Å². The van der Waals surface area contributed by atoms with Crippen molar-refractivity contribution in [1.29, 1.82) is 0 Å². The highest BCUT2D eigenvalue weighted by Gasteiger charge is 2.30. The number of carbonyl (C=O) groups is 2. The zero-order valence-electron chi connectivity index (χ0n) is 19.4. The van der Waals surface area contributed by atoms with E-state index in [1.54, 1.807) is 25.1 Å². The number of sulfonamides is 1. The Morgan fingerprint density at radius 3 is 2.15 bits per heavy atom. The predicted octanol–water partition coefficient (Wildman–Crippen LogP) is 4.74. The van der Waals surface area contributed by atoms with Crippen LogP contribution in [-0.2, 0) is 26.2 Å². The van der Waals surface area contributed by atoms with Crippen LogP contribution in [0.4, 0.5) is 5.69 Å². The van der Waals surface area contributed by atoms with Gasteiger partial charge in [-0.3, -0.25) is 13.9 Å². The molecule has 0 aliphatic carbocycles. The molecule has 0 aliphatic heterocycles. The number of carbonyl (C=O) groups excluding carboxylic acids is 2. The Morgan fingerprint density at radius 2 is 1.62 bits per heavy atom. The highest BCUT2D eigenvalue weighted by atomic mass is 35.5. The van der Waals surface area contributed by atoms with Gasteiger partial charge >= 0.3 is 0 Å². The Balaban J connectivity index is 2.40. The van der Waals surface area contributed by atoms with Crippen LogP contribution < -0.4 is 9.62 Å². The molecule has 2 rings (SSSR count). The fraction of sp³-hybridized carbons (Fsp3) is 0.391. The highest BCUT2D eigenvalue weighted by Crippen LogP contribution is 2.25. The standard InChI is InChI=1S/C23H28Cl3N3O4S/c1-5-15(2)27-23(31)16(3)28(13-17-6-11-20(25)21(26)12-17)22(30)14-29(34(4,32)33)19-9-7-18(24)8-10-19/h6-12,15-16H,5,13-14H2,1-4H3,(H,27,31)/t15-,16-/m0/s1.